The van der Waals surface area contributed by atoms with E-state index in [1.54, 1.807) is 0 Å². The van der Waals surface area contributed by atoms with Crippen LogP contribution in [0.2, 0.25) is 0 Å². The molecule has 0 aromatic heterocycles. The highest BCUT2D eigenvalue weighted by molar-refractivity contribution is 5.01. The highest BCUT2D eigenvalue weighted by Crippen LogP contribution is 2.24. The lowest BCUT2D eigenvalue weighted by atomic mass is 9.97. The summed E-state index contributed by atoms with van der Waals surface area (Å²) in [4.78, 5) is 0. The van der Waals surface area contributed by atoms with Crippen molar-refractivity contribution in [1.82, 2.24) is 0 Å². The number of ether oxygens (including phenoxy) is 1. The second kappa shape index (κ2) is 3.12. The minimum absolute atomic E-state index is 0.235. The van der Waals surface area contributed by atoms with Crippen LogP contribution >= 0.6 is 0 Å². The van der Waals surface area contributed by atoms with Gasteiger partial charge in [0.2, 0.25) is 5.79 Å². The van der Waals surface area contributed by atoms with E-state index in [0.717, 1.165) is 6.08 Å². The van der Waals surface area contributed by atoms with Gasteiger partial charge < -0.3 is 25.2 Å². The van der Waals surface area contributed by atoms with Crippen molar-refractivity contribution in [3.05, 3.63) is 12.7 Å². The van der Waals surface area contributed by atoms with Crippen LogP contribution in [-0.4, -0.2) is 51.1 Å². The predicted molar refractivity (Wildman–Crippen MR) is 39.1 cm³/mol. The zero-order valence-corrected chi connectivity index (χ0v) is 6.42. The molecule has 4 atom stereocenters. The molecule has 0 unspecified atom stereocenters. The molecule has 1 rings (SSSR count). The molecule has 0 saturated carbocycles. The van der Waals surface area contributed by atoms with Gasteiger partial charge in [-0.05, 0) is 6.08 Å². The molecule has 1 fully saturated rings. The van der Waals surface area contributed by atoms with Gasteiger partial charge in [0.1, 0.15) is 18.3 Å². The number of aliphatic hydroxyl groups is 4. The van der Waals surface area contributed by atoms with Gasteiger partial charge in [-0.25, -0.2) is 0 Å². The molecule has 0 spiro atoms. The van der Waals surface area contributed by atoms with Gasteiger partial charge >= 0.3 is 0 Å². The first-order chi connectivity index (χ1) is 5.51. The van der Waals surface area contributed by atoms with E-state index >= 15 is 0 Å². The SMILES string of the molecule is C=C[C@@]1(O)OC[C@H](O)[C@H](O)[C@H]1O. The molecule has 4 N–H and O–H groups in total. The van der Waals surface area contributed by atoms with Crippen LogP contribution in [0.25, 0.3) is 0 Å². The van der Waals surface area contributed by atoms with E-state index in [1.807, 2.05) is 0 Å². The Hall–Kier alpha value is -0.460. The van der Waals surface area contributed by atoms with Crippen LogP contribution in [0, 0.1) is 0 Å². The van der Waals surface area contributed by atoms with Gasteiger partial charge in [-0.1, -0.05) is 6.58 Å². The number of rotatable bonds is 1. The first-order valence-electron chi connectivity index (χ1n) is 3.55. The number of hydrogen-bond donors (Lipinski definition) is 4. The summed E-state index contributed by atoms with van der Waals surface area (Å²) in [5.41, 5.74) is 0. The minimum Gasteiger partial charge on any atom is -0.388 e. The molecule has 0 radical (unpaired) electrons. The lowest BCUT2D eigenvalue weighted by molar-refractivity contribution is -0.296. The molecule has 0 amide bonds. The molecule has 5 heteroatoms. The molecule has 0 bridgehead atoms. The topological polar surface area (TPSA) is 90.2 Å². The maximum atomic E-state index is 9.38. The van der Waals surface area contributed by atoms with E-state index in [-0.39, 0.29) is 6.61 Å². The van der Waals surface area contributed by atoms with Crippen LogP contribution in [0.1, 0.15) is 0 Å². The Balaban J connectivity index is 2.77. The average Bonchev–Trinajstić information content (AvgIpc) is 2.09. The molecule has 0 aromatic rings. The quantitative estimate of drug-likeness (QED) is 0.346. The molecular weight excluding hydrogens is 164 g/mol. The molecule has 70 valence electrons. The third-order valence-corrected chi connectivity index (χ3v) is 1.92. The van der Waals surface area contributed by atoms with Crippen molar-refractivity contribution in [3.63, 3.8) is 0 Å². The first kappa shape index (κ1) is 9.63. The van der Waals surface area contributed by atoms with E-state index in [1.165, 1.54) is 0 Å². The van der Waals surface area contributed by atoms with Crippen molar-refractivity contribution < 1.29 is 25.2 Å². The van der Waals surface area contributed by atoms with E-state index in [2.05, 4.69) is 11.3 Å². The van der Waals surface area contributed by atoms with E-state index < -0.39 is 24.1 Å². The molecule has 1 aliphatic heterocycles. The summed E-state index contributed by atoms with van der Waals surface area (Å²) in [6.45, 7) is 3.00. The Bertz CT molecular complexity index is 183. The lowest BCUT2D eigenvalue weighted by Crippen LogP contribution is -2.59. The summed E-state index contributed by atoms with van der Waals surface area (Å²) in [5.74, 6) is -1.96. The fourth-order valence-corrected chi connectivity index (χ4v) is 1.04. The summed E-state index contributed by atoms with van der Waals surface area (Å²) >= 11 is 0. The molecule has 0 aromatic carbocycles. The monoisotopic (exact) mass is 176 g/mol. The largest absolute Gasteiger partial charge is 0.388 e. The molecule has 5 nitrogen and oxygen atoms in total. The molecule has 1 heterocycles. The zero-order valence-electron chi connectivity index (χ0n) is 6.42. The predicted octanol–water partition coefficient (Wildman–Crippen LogP) is -2.03. The van der Waals surface area contributed by atoms with Crippen molar-refractivity contribution in [3.8, 4) is 0 Å². The van der Waals surface area contributed by atoms with Crippen LogP contribution in [0.15, 0.2) is 12.7 Å². The maximum absolute atomic E-state index is 9.38. The summed E-state index contributed by atoms with van der Waals surface area (Å²) in [6.07, 6.45) is -3.19. The molecule has 1 aliphatic rings. The Morgan fingerprint density at radius 3 is 2.50 bits per heavy atom. The van der Waals surface area contributed by atoms with Gasteiger partial charge in [-0.15, -0.1) is 0 Å². The first-order valence-corrected chi connectivity index (χ1v) is 3.55. The van der Waals surface area contributed by atoms with Gasteiger partial charge in [0, 0.05) is 0 Å². The van der Waals surface area contributed by atoms with Crippen molar-refractivity contribution >= 4 is 0 Å². The van der Waals surface area contributed by atoms with Crippen LogP contribution in [0.3, 0.4) is 0 Å². The molecule has 1 saturated heterocycles. The number of hydrogen-bond acceptors (Lipinski definition) is 5. The van der Waals surface area contributed by atoms with Gasteiger partial charge in [0.15, 0.2) is 0 Å². The number of aliphatic hydroxyl groups excluding tert-OH is 3. The summed E-state index contributed by atoms with van der Waals surface area (Å²) in [6, 6.07) is 0. The van der Waals surface area contributed by atoms with Gasteiger partial charge in [-0.2, -0.15) is 0 Å². The van der Waals surface area contributed by atoms with Crippen molar-refractivity contribution in [2.24, 2.45) is 0 Å². The smallest absolute Gasteiger partial charge is 0.214 e. The Labute approximate surface area is 69.5 Å². The minimum atomic E-state index is -1.96. The van der Waals surface area contributed by atoms with Crippen molar-refractivity contribution in [2.45, 2.75) is 24.1 Å². The van der Waals surface area contributed by atoms with Crippen LogP contribution in [0.5, 0.6) is 0 Å². The Morgan fingerprint density at radius 1 is 1.42 bits per heavy atom. The fourth-order valence-electron chi connectivity index (χ4n) is 1.04. The summed E-state index contributed by atoms with van der Waals surface area (Å²) < 4.78 is 4.69. The highest BCUT2D eigenvalue weighted by Gasteiger charge is 2.46. The normalized spacial score (nSPS) is 48.8. The van der Waals surface area contributed by atoms with Crippen molar-refractivity contribution in [2.75, 3.05) is 6.61 Å². The Morgan fingerprint density at radius 2 is 2.00 bits per heavy atom. The van der Waals surface area contributed by atoms with Gasteiger partial charge in [-0.3, -0.25) is 0 Å². The molecule has 12 heavy (non-hydrogen) atoms. The standard InChI is InChI=1S/C7H12O5/c1-2-7(11)6(10)5(9)4(8)3-12-7/h2,4-6,8-11H,1,3H2/t4-,5-,6+,7+/m0/s1. The van der Waals surface area contributed by atoms with E-state index in [4.69, 9.17) is 10.2 Å². The van der Waals surface area contributed by atoms with E-state index in [9.17, 15) is 10.2 Å². The second-order valence-electron chi connectivity index (χ2n) is 2.77. The van der Waals surface area contributed by atoms with Gasteiger partial charge in [0.25, 0.3) is 0 Å². The van der Waals surface area contributed by atoms with Crippen molar-refractivity contribution in [1.29, 1.82) is 0 Å². The maximum Gasteiger partial charge on any atom is 0.214 e. The van der Waals surface area contributed by atoms with Crippen LogP contribution < -0.4 is 0 Å². The summed E-state index contributed by atoms with van der Waals surface area (Å²) in [5, 5.41) is 36.7. The third kappa shape index (κ3) is 1.37. The molecule has 0 aliphatic carbocycles. The summed E-state index contributed by atoms with van der Waals surface area (Å²) in [7, 11) is 0. The van der Waals surface area contributed by atoms with Gasteiger partial charge in [0.05, 0.1) is 6.61 Å². The van der Waals surface area contributed by atoms with E-state index in [0.29, 0.717) is 0 Å². The highest BCUT2D eigenvalue weighted by atomic mass is 16.6. The van der Waals surface area contributed by atoms with Crippen LogP contribution in [-0.2, 0) is 4.74 Å². The average molecular weight is 176 g/mol. The third-order valence-electron chi connectivity index (χ3n) is 1.92. The van der Waals surface area contributed by atoms with Crippen LogP contribution in [0.4, 0.5) is 0 Å². The Kier molecular flexibility index (Phi) is 2.50. The second-order valence-corrected chi connectivity index (χ2v) is 2.77. The fraction of sp³-hybridized carbons (Fsp3) is 0.714. The molecular formula is C7H12O5. The zero-order chi connectivity index (χ0) is 9.35. The lowest BCUT2D eigenvalue weighted by Gasteiger charge is -2.39.